The maximum absolute atomic E-state index is 11.7. The number of unbranched alkanes of at least 4 members (excludes halogenated alkanes) is 4. The Labute approximate surface area is 117 Å². The lowest BCUT2D eigenvalue weighted by Gasteiger charge is -2.06. The number of ketones is 2. The predicted molar refractivity (Wildman–Crippen MR) is 77.2 cm³/mol. The molecule has 1 saturated heterocycles. The van der Waals surface area contributed by atoms with Crippen LogP contribution in [0.1, 0.15) is 71.1 Å². The fourth-order valence-corrected chi connectivity index (χ4v) is 2.56. The molecular weight excluding hydrogens is 238 g/mol. The molecule has 0 saturated carbocycles. The highest BCUT2D eigenvalue weighted by atomic mass is 16.1. The maximum Gasteiger partial charge on any atom is 0.133 e. The van der Waals surface area contributed by atoms with Gasteiger partial charge in [-0.15, -0.1) is 0 Å². The Morgan fingerprint density at radius 1 is 1.00 bits per heavy atom. The van der Waals surface area contributed by atoms with Crippen molar-refractivity contribution < 1.29 is 9.59 Å². The van der Waals surface area contributed by atoms with Crippen LogP contribution in [0.5, 0.6) is 0 Å². The Kier molecular flexibility index (Phi) is 8.72. The third-order valence-corrected chi connectivity index (χ3v) is 3.84. The first kappa shape index (κ1) is 16.4. The van der Waals surface area contributed by atoms with Crippen molar-refractivity contribution in [2.45, 2.75) is 71.1 Å². The van der Waals surface area contributed by atoms with Gasteiger partial charge < -0.3 is 0 Å². The molecule has 3 nitrogen and oxygen atoms in total. The quantitative estimate of drug-likeness (QED) is 0.539. The molecule has 0 aromatic heterocycles. The van der Waals surface area contributed by atoms with Gasteiger partial charge in [0.15, 0.2) is 0 Å². The van der Waals surface area contributed by atoms with Crippen molar-refractivity contribution in [3.05, 3.63) is 0 Å². The molecule has 0 bridgehead atoms. The highest BCUT2D eigenvalue weighted by Crippen LogP contribution is 2.15. The van der Waals surface area contributed by atoms with Crippen LogP contribution in [0.15, 0.2) is 0 Å². The maximum atomic E-state index is 11.7. The minimum absolute atomic E-state index is 0.251. The van der Waals surface area contributed by atoms with Crippen molar-refractivity contribution >= 4 is 11.6 Å². The Morgan fingerprint density at radius 2 is 1.74 bits per heavy atom. The number of Topliss-reactive ketones (excluding diaryl/α,β-unsaturated/α-hetero) is 2. The normalized spacial score (nSPS) is 18.7. The van der Waals surface area contributed by atoms with Crippen molar-refractivity contribution in [3.63, 3.8) is 0 Å². The summed E-state index contributed by atoms with van der Waals surface area (Å²) in [6.45, 7) is 3.94. The number of hydrogen-bond acceptors (Lipinski definition) is 2. The Bertz CT molecular complexity index is 270. The van der Waals surface area contributed by atoms with Gasteiger partial charge >= 0.3 is 0 Å². The molecule has 1 atom stereocenters. The Morgan fingerprint density at radius 3 is 2.42 bits per heavy atom. The van der Waals surface area contributed by atoms with E-state index in [4.69, 9.17) is 0 Å². The van der Waals surface area contributed by atoms with Gasteiger partial charge in [0.05, 0.1) is 0 Å². The number of hydrogen-bond donors (Lipinski definition) is 0. The van der Waals surface area contributed by atoms with Crippen molar-refractivity contribution in [2.75, 3.05) is 13.1 Å². The second kappa shape index (κ2) is 10.1. The molecule has 0 aromatic rings. The van der Waals surface area contributed by atoms with Crippen LogP contribution in [0.2, 0.25) is 0 Å². The number of rotatable bonds is 11. The SMILES string of the molecule is CCCCCCCC(=O)CCC(=O)CC1CC[N]C1. The summed E-state index contributed by atoms with van der Waals surface area (Å²) in [5.41, 5.74) is 0. The summed E-state index contributed by atoms with van der Waals surface area (Å²) in [4.78, 5) is 23.4. The standard InChI is InChI=1S/C16H28NO2/c1-2-3-4-5-6-7-15(18)8-9-16(19)12-14-10-11-17-13-14/h14H,2-13H2,1H3. The minimum Gasteiger partial charge on any atom is -0.300 e. The van der Waals surface area contributed by atoms with Gasteiger partial charge in [-0.05, 0) is 18.8 Å². The zero-order valence-corrected chi connectivity index (χ0v) is 12.3. The van der Waals surface area contributed by atoms with Crippen LogP contribution in [0.3, 0.4) is 0 Å². The molecule has 1 radical (unpaired) electrons. The van der Waals surface area contributed by atoms with Crippen LogP contribution in [0.4, 0.5) is 0 Å². The van der Waals surface area contributed by atoms with Crippen LogP contribution in [0, 0.1) is 5.92 Å². The first-order valence-electron chi connectivity index (χ1n) is 7.89. The van der Waals surface area contributed by atoms with Gasteiger partial charge in [-0.3, -0.25) is 9.59 Å². The van der Waals surface area contributed by atoms with E-state index in [0.29, 0.717) is 31.6 Å². The second-order valence-corrected chi connectivity index (χ2v) is 5.73. The van der Waals surface area contributed by atoms with Gasteiger partial charge in [0.25, 0.3) is 0 Å². The fraction of sp³-hybridized carbons (Fsp3) is 0.875. The molecule has 3 heteroatoms. The zero-order valence-electron chi connectivity index (χ0n) is 12.3. The monoisotopic (exact) mass is 266 g/mol. The van der Waals surface area contributed by atoms with E-state index in [-0.39, 0.29) is 11.6 Å². The first-order valence-corrected chi connectivity index (χ1v) is 7.89. The van der Waals surface area contributed by atoms with Crippen LogP contribution in [0.25, 0.3) is 0 Å². The molecule has 0 N–H and O–H groups in total. The molecule has 0 amide bonds. The average Bonchev–Trinajstić information content (AvgIpc) is 2.89. The summed E-state index contributed by atoms with van der Waals surface area (Å²) in [5.74, 6) is 0.971. The van der Waals surface area contributed by atoms with Crippen molar-refractivity contribution in [2.24, 2.45) is 5.92 Å². The summed E-state index contributed by atoms with van der Waals surface area (Å²) in [6.07, 6.45) is 9.12. The van der Waals surface area contributed by atoms with E-state index in [2.05, 4.69) is 12.2 Å². The molecular formula is C16H28NO2. The molecule has 0 aliphatic carbocycles. The van der Waals surface area contributed by atoms with Crippen LogP contribution in [-0.4, -0.2) is 24.7 Å². The second-order valence-electron chi connectivity index (χ2n) is 5.73. The Balaban J connectivity index is 1.97. The van der Waals surface area contributed by atoms with Gasteiger partial charge in [-0.25, -0.2) is 5.32 Å². The van der Waals surface area contributed by atoms with E-state index < -0.39 is 0 Å². The van der Waals surface area contributed by atoms with Gasteiger partial charge in [0.2, 0.25) is 0 Å². The number of carbonyl (C=O) groups is 2. The molecule has 109 valence electrons. The van der Waals surface area contributed by atoms with Gasteiger partial charge in [-0.2, -0.15) is 0 Å². The topological polar surface area (TPSA) is 48.2 Å². The largest absolute Gasteiger partial charge is 0.300 e. The summed E-state index contributed by atoms with van der Waals surface area (Å²) >= 11 is 0. The molecule has 1 rings (SSSR count). The minimum atomic E-state index is 0.251. The fourth-order valence-electron chi connectivity index (χ4n) is 2.56. The van der Waals surface area contributed by atoms with E-state index in [1.165, 1.54) is 19.3 Å². The summed E-state index contributed by atoms with van der Waals surface area (Å²) < 4.78 is 0. The number of nitrogens with zero attached hydrogens (tertiary/aromatic N) is 1. The van der Waals surface area contributed by atoms with E-state index in [1.807, 2.05) is 0 Å². The lowest BCUT2D eigenvalue weighted by atomic mass is 9.98. The highest BCUT2D eigenvalue weighted by Gasteiger charge is 2.19. The predicted octanol–water partition coefficient (Wildman–Crippen LogP) is 3.28. The molecule has 1 aliphatic rings. The molecule has 1 aliphatic heterocycles. The highest BCUT2D eigenvalue weighted by molar-refractivity contribution is 5.86. The van der Waals surface area contributed by atoms with Crippen molar-refractivity contribution in [1.82, 2.24) is 5.32 Å². The van der Waals surface area contributed by atoms with E-state index in [1.54, 1.807) is 0 Å². The number of carbonyl (C=O) groups excluding carboxylic acids is 2. The summed E-state index contributed by atoms with van der Waals surface area (Å²) in [7, 11) is 0. The summed E-state index contributed by atoms with van der Waals surface area (Å²) in [6, 6.07) is 0. The lowest BCUT2D eigenvalue weighted by molar-refractivity contribution is -0.124. The van der Waals surface area contributed by atoms with E-state index in [0.717, 1.165) is 32.4 Å². The van der Waals surface area contributed by atoms with Crippen molar-refractivity contribution in [1.29, 1.82) is 0 Å². The zero-order chi connectivity index (χ0) is 13.9. The molecule has 0 spiro atoms. The van der Waals surface area contributed by atoms with E-state index in [9.17, 15) is 9.59 Å². The molecule has 1 heterocycles. The van der Waals surface area contributed by atoms with Gasteiger partial charge in [0, 0.05) is 38.8 Å². The Hall–Kier alpha value is -0.700. The van der Waals surface area contributed by atoms with E-state index >= 15 is 0 Å². The van der Waals surface area contributed by atoms with Gasteiger partial charge in [0.1, 0.15) is 11.6 Å². The average molecular weight is 266 g/mol. The molecule has 19 heavy (non-hydrogen) atoms. The van der Waals surface area contributed by atoms with Gasteiger partial charge in [-0.1, -0.05) is 32.6 Å². The third kappa shape index (κ3) is 8.14. The van der Waals surface area contributed by atoms with Crippen LogP contribution >= 0.6 is 0 Å². The van der Waals surface area contributed by atoms with Crippen LogP contribution in [-0.2, 0) is 9.59 Å². The summed E-state index contributed by atoms with van der Waals surface area (Å²) in [5, 5.41) is 4.26. The van der Waals surface area contributed by atoms with Crippen LogP contribution < -0.4 is 5.32 Å². The lowest BCUT2D eigenvalue weighted by Crippen LogP contribution is -2.11. The smallest absolute Gasteiger partial charge is 0.133 e. The molecule has 1 fully saturated rings. The third-order valence-electron chi connectivity index (χ3n) is 3.84. The molecule has 1 unspecified atom stereocenters. The first-order chi connectivity index (χ1) is 9.22. The van der Waals surface area contributed by atoms with Crippen molar-refractivity contribution in [3.8, 4) is 0 Å². The molecule has 0 aromatic carbocycles.